The van der Waals surface area contributed by atoms with Crippen LogP contribution in [0.5, 0.6) is 0 Å². The van der Waals surface area contributed by atoms with Gasteiger partial charge in [-0.1, -0.05) is 295 Å². The summed E-state index contributed by atoms with van der Waals surface area (Å²) in [5.41, 5.74) is 29.7. The van der Waals surface area contributed by atoms with Gasteiger partial charge in [0, 0.05) is 84.1 Å². The Bertz CT molecular complexity index is 8630. The first-order valence-corrected chi connectivity index (χ1v) is 42.9. The standard InChI is InChI=1S/C114H72N2S2/c1-113(2)96-54-44-65-22-8-10-28-76(65)105(96)107-92-61-67(69-46-56-100-90(59-69)85-30-12-16-36-98(85)115(100)74-25-6-5-7-26-74)40-48-81(92)83-49-41-68(62-94(83)109(107)113)70-47-57-101-91(60-70)86-31-13-17-37-99(86)116(101)75-27-20-24-71(58-75)78-52-53-80(112-104(78)89-33-15-19-39-103(89)118-112)72-42-50-82-84-51-43-73(79-34-21-35-88-87-32-14-18-38-102(87)117-111(79)88)64-95(84)110-108(93(82)63-72)106-77-29-11-9-23-66(77)45-55-97(106)114(110,3)4/h5-64H,1-4H3. The Morgan fingerprint density at radius 1 is 0.212 bits per heavy atom. The molecule has 0 atom stereocenters. The molecule has 4 heterocycles. The lowest BCUT2D eigenvalue weighted by Crippen LogP contribution is -2.15. The van der Waals surface area contributed by atoms with E-state index in [-0.39, 0.29) is 10.8 Å². The molecule has 550 valence electrons. The fourth-order valence-corrected chi connectivity index (χ4v) is 24.4. The van der Waals surface area contributed by atoms with Crippen molar-refractivity contribution in [1.29, 1.82) is 0 Å². The third kappa shape index (κ3) is 9.16. The summed E-state index contributed by atoms with van der Waals surface area (Å²) < 4.78 is 10.2. The molecule has 0 bridgehead atoms. The van der Waals surface area contributed by atoms with Crippen LogP contribution in [0.1, 0.15) is 49.9 Å². The molecule has 0 radical (unpaired) electrons. The average molecular weight is 1530 g/mol. The summed E-state index contributed by atoms with van der Waals surface area (Å²) in [6.07, 6.45) is 0. The van der Waals surface area contributed by atoms with Gasteiger partial charge < -0.3 is 9.13 Å². The maximum absolute atomic E-state index is 2.55. The summed E-state index contributed by atoms with van der Waals surface area (Å²) >= 11 is 3.83. The minimum Gasteiger partial charge on any atom is -0.309 e. The molecule has 2 aliphatic carbocycles. The molecule has 2 aliphatic rings. The minimum atomic E-state index is -0.301. The van der Waals surface area contributed by atoms with Gasteiger partial charge >= 0.3 is 0 Å². The topological polar surface area (TPSA) is 9.86 Å². The number of benzene rings is 20. The van der Waals surface area contributed by atoms with E-state index in [1.165, 1.54) is 254 Å². The first-order chi connectivity index (χ1) is 58.0. The quantitative estimate of drug-likeness (QED) is 0.141. The van der Waals surface area contributed by atoms with Crippen LogP contribution in [0.3, 0.4) is 0 Å². The van der Waals surface area contributed by atoms with Crippen LogP contribution in [-0.2, 0) is 10.8 Å². The number of thiophene rings is 2. The summed E-state index contributed by atoms with van der Waals surface area (Å²) in [6.45, 7) is 9.85. The van der Waals surface area contributed by atoms with E-state index in [0.29, 0.717) is 0 Å². The van der Waals surface area contributed by atoms with E-state index in [4.69, 9.17) is 0 Å². The van der Waals surface area contributed by atoms with Crippen molar-refractivity contribution in [3.63, 3.8) is 0 Å². The van der Waals surface area contributed by atoms with E-state index in [2.05, 4.69) is 401 Å². The highest BCUT2D eigenvalue weighted by atomic mass is 32.1. The van der Waals surface area contributed by atoms with Crippen molar-refractivity contribution in [2.45, 2.75) is 38.5 Å². The molecule has 0 N–H and O–H groups in total. The van der Waals surface area contributed by atoms with E-state index in [1.54, 1.807) is 0 Å². The zero-order chi connectivity index (χ0) is 77.7. The van der Waals surface area contributed by atoms with Crippen LogP contribution in [0.4, 0.5) is 0 Å². The second-order valence-corrected chi connectivity index (χ2v) is 36.1. The molecule has 20 aromatic carbocycles. The van der Waals surface area contributed by atoms with Crippen LogP contribution < -0.4 is 0 Å². The number of para-hydroxylation sites is 3. The molecule has 2 nitrogen and oxygen atoms in total. The smallest absolute Gasteiger partial charge is 0.0541 e. The Hall–Kier alpha value is -14.0. The van der Waals surface area contributed by atoms with E-state index in [0.717, 1.165) is 5.69 Å². The number of rotatable bonds is 7. The van der Waals surface area contributed by atoms with Gasteiger partial charge in [0.1, 0.15) is 0 Å². The Kier molecular flexibility index (Phi) is 13.7. The minimum absolute atomic E-state index is 0.282. The number of nitrogens with zero attached hydrogens (tertiary/aromatic N) is 2. The maximum Gasteiger partial charge on any atom is 0.0541 e. The third-order valence-electron chi connectivity index (χ3n) is 27.2. The van der Waals surface area contributed by atoms with E-state index in [9.17, 15) is 0 Å². The average Bonchev–Trinajstić information content (AvgIpc) is 1.52. The fourth-order valence-electron chi connectivity index (χ4n) is 21.9. The zero-order valence-electron chi connectivity index (χ0n) is 65.4. The SMILES string of the molecule is CC1(C)c2ccc3ccccc3c2-c2c1c1cc(-c3ccc4c(c3)c3ccccc3n4-c3cccc(-c4ccc(-c5ccc6c(c5)c5c(c7cc(-c8cccc9c8sc8ccccc89)ccc76)C(C)(C)c6ccc7ccccc7c6-5)c5sc6ccccc6c45)c3)ccc1c1ccc(-c3ccc4c(c3)c3ccccc3n4-c3ccccc3)cc21. The van der Waals surface area contributed by atoms with Crippen LogP contribution in [-0.4, -0.2) is 9.13 Å². The van der Waals surface area contributed by atoms with E-state index >= 15 is 0 Å². The predicted molar refractivity (Wildman–Crippen MR) is 508 cm³/mol. The van der Waals surface area contributed by atoms with Gasteiger partial charge in [-0.2, -0.15) is 0 Å². The van der Waals surface area contributed by atoms with E-state index < -0.39 is 0 Å². The van der Waals surface area contributed by atoms with E-state index in [1.807, 2.05) is 22.7 Å². The van der Waals surface area contributed by atoms with Crippen LogP contribution in [0.15, 0.2) is 364 Å². The Morgan fingerprint density at radius 2 is 0.602 bits per heavy atom. The second-order valence-electron chi connectivity index (χ2n) is 34.0. The number of hydrogen-bond acceptors (Lipinski definition) is 2. The molecule has 0 unspecified atom stereocenters. The van der Waals surface area contributed by atoms with Crippen LogP contribution in [0, 0.1) is 0 Å². The van der Waals surface area contributed by atoms with Gasteiger partial charge in [0.2, 0.25) is 0 Å². The molecule has 26 rings (SSSR count). The van der Waals surface area contributed by atoms with Crippen molar-refractivity contribution in [2.24, 2.45) is 0 Å². The highest BCUT2D eigenvalue weighted by molar-refractivity contribution is 7.26. The van der Waals surface area contributed by atoms with Crippen molar-refractivity contribution in [3.05, 3.63) is 386 Å². The summed E-state index contributed by atoms with van der Waals surface area (Å²) in [5, 5.41) is 25.7. The molecule has 118 heavy (non-hydrogen) atoms. The zero-order valence-corrected chi connectivity index (χ0v) is 67.0. The lowest BCUT2D eigenvalue weighted by molar-refractivity contribution is 0.667. The van der Waals surface area contributed by atoms with Gasteiger partial charge in [-0.15, -0.1) is 22.7 Å². The molecule has 0 aliphatic heterocycles. The Balaban J connectivity index is 0.605. The van der Waals surface area contributed by atoms with Gasteiger partial charge in [-0.05, 0) is 262 Å². The highest BCUT2D eigenvalue weighted by Crippen LogP contribution is 2.61. The second kappa shape index (κ2) is 24.3. The summed E-state index contributed by atoms with van der Waals surface area (Å²) in [7, 11) is 0. The third-order valence-corrected chi connectivity index (χ3v) is 29.6. The molecular formula is C114H72N2S2. The Labute approximate surface area is 689 Å². The van der Waals surface area contributed by atoms with Gasteiger partial charge in [0.15, 0.2) is 0 Å². The van der Waals surface area contributed by atoms with Crippen molar-refractivity contribution in [1.82, 2.24) is 9.13 Å². The normalized spacial score (nSPS) is 13.6. The molecule has 4 heteroatoms. The van der Waals surface area contributed by atoms with Gasteiger partial charge in [-0.25, -0.2) is 0 Å². The largest absolute Gasteiger partial charge is 0.309 e. The predicted octanol–water partition coefficient (Wildman–Crippen LogP) is 32.5. The molecule has 0 saturated heterocycles. The molecular weight excluding hydrogens is 1460 g/mol. The lowest BCUT2D eigenvalue weighted by atomic mass is 9.78. The summed E-state index contributed by atoms with van der Waals surface area (Å²) in [6, 6.07) is 139. The first kappa shape index (κ1) is 66.3. The van der Waals surface area contributed by atoms with Crippen LogP contribution in [0.2, 0.25) is 0 Å². The molecule has 0 amide bonds. The van der Waals surface area contributed by atoms with Gasteiger partial charge in [-0.3, -0.25) is 0 Å². The molecule has 0 saturated carbocycles. The van der Waals surface area contributed by atoms with Crippen LogP contribution in [0.25, 0.3) is 238 Å². The molecule has 0 fully saturated rings. The highest BCUT2D eigenvalue weighted by Gasteiger charge is 2.42. The van der Waals surface area contributed by atoms with Crippen molar-refractivity contribution < 1.29 is 0 Å². The van der Waals surface area contributed by atoms with Crippen LogP contribution >= 0.6 is 22.7 Å². The number of hydrogen-bond donors (Lipinski definition) is 0. The fraction of sp³-hybridized carbons (Fsp3) is 0.0526. The van der Waals surface area contributed by atoms with Gasteiger partial charge in [0.05, 0.1) is 22.1 Å². The first-order valence-electron chi connectivity index (χ1n) is 41.3. The van der Waals surface area contributed by atoms with Crippen molar-refractivity contribution in [2.75, 3.05) is 0 Å². The molecule has 24 aromatic rings. The Morgan fingerprint density at radius 3 is 1.19 bits per heavy atom. The number of fused-ring (bicyclic) bond motifs is 32. The maximum atomic E-state index is 2.55. The summed E-state index contributed by atoms with van der Waals surface area (Å²) in [5.74, 6) is 0. The number of aromatic nitrogens is 2. The molecule has 4 aromatic heterocycles. The van der Waals surface area contributed by atoms with Gasteiger partial charge in [0.25, 0.3) is 0 Å². The van der Waals surface area contributed by atoms with Crippen molar-refractivity contribution in [3.8, 4) is 89.3 Å². The lowest BCUT2D eigenvalue weighted by Gasteiger charge is -2.24. The monoisotopic (exact) mass is 1530 g/mol. The van der Waals surface area contributed by atoms with Crippen molar-refractivity contribution >= 4 is 171 Å². The molecule has 0 spiro atoms. The summed E-state index contributed by atoms with van der Waals surface area (Å²) in [4.78, 5) is 0.